The fraction of sp³-hybridized carbons (Fsp3) is 0.250. The molecule has 3 nitrogen and oxygen atoms in total. The zero-order valence-corrected chi connectivity index (χ0v) is 10.2. The predicted molar refractivity (Wildman–Crippen MR) is 68.6 cm³/mol. The molecule has 1 aromatic carbocycles. The zero-order chi connectivity index (χ0) is 12.1. The number of halogens is 1. The van der Waals surface area contributed by atoms with E-state index in [-0.39, 0.29) is 6.04 Å². The number of ether oxygens (including phenoxy) is 1. The third kappa shape index (κ3) is 3.36. The lowest BCUT2D eigenvalue weighted by molar-refractivity contribution is 0.385. The molecule has 0 saturated carbocycles. The summed E-state index contributed by atoms with van der Waals surface area (Å²) in [7, 11) is 1.54. The standard InChI is InChI=1S/C12H15ClN2O/c1-8(14)12(16-3)15-9(2)10-5-4-6-11(13)7-10/h4-8H,2,14H2,1,3H3. The second-order valence-electron chi connectivity index (χ2n) is 3.40. The highest BCUT2D eigenvalue weighted by Gasteiger charge is 2.06. The highest BCUT2D eigenvalue weighted by atomic mass is 35.5. The van der Waals surface area contributed by atoms with Crippen LogP contribution in [0.5, 0.6) is 0 Å². The van der Waals surface area contributed by atoms with Crippen molar-refractivity contribution in [2.75, 3.05) is 7.11 Å². The maximum absolute atomic E-state index is 5.88. The van der Waals surface area contributed by atoms with E-state index in [1.165, 1.54) is 7.11 Å². The van der Waals surface area contributed by atoms with Crippen molar-refractivity contribution in [1.82, 2.24) is 0 Å². The predicted octanol–water partition coefficient (Wildman–Crippen LogP) is 2.70. The van der Waals surface area contributed by atoms with Crippen molar-refractivity contribution in [3.8, 4) is 0 Å². The molecule has 1 atom stereocenters. The molecule has 0 spiro atoms. The molecule has 0 bridgehead atoms. The summed E-state index contributed by atoms with van der Waals surface area (Å²) in [5.41, 5.74) is 7.11. The van der Waals surface area contributed by atoms with Gasteiger partial charge >= 0.3 is 0 Å². The number of rotatable bonds is 3. The van der Waals surface area contributed by atoms with Gasteiger partial charge < -0.3 is 10.5 Å². The van der Waals surface area contributed by atoms with Gasteiger partial charge in [0, 0.05) is 10.6 Å². The molecule has 0 aliphatic carbocycles. The Hall–Kier alpha value is -1.32. The molecule has 86 valence electrons. The van der Waals surface area contributed by atoms with E-state index in [0.717, 1.165) is 5.56 Å². The van der Waals surface area contributed by atoms with E-state index in [9.17, 15) is 0 Å². The molecule has 0 amide bonds. The lowest BCUT2D eigenvalue weighted by Crippen LogP contribution is -2.28. The largest absolute Gasteiger partial charge is 0.483 e. The highest BCUT2D eigenvalue weighted by Crippen LogP contribution is 2.18. The summed E-state index contributed by atoms with van der Waals surface area (Å²) in [6.07, 6.45) is 0. The van der Waals surface area contributed by atoms with Gasteiger partial charge in [-0.1, -0.05) is 30.3 Å². The minimum Gasteiger partial charge on any atom is -0.483 e. The van der Waals surface area contributed by atoms with Crippen LogP contribution >= 0.6 is 11.6 Å². The normalized spacial score (nSPS) is 13.4. The van der Waals surface area contributed by atoms with Crippen molar-refractivity contribution in [3.05, 3.63) is 41.4 Å². The van der Waals surface area contributed by atoms with Crippen LogP contribution in [-0.2, 0) is 4.74 Å². The second-order valence-corrected chi connectivity index (χ2v) is 3.84. The Labute approximate surface area is 101 Å². The maximum Gasteiger partial charge on any atom is 0.205 e. The first-order valence-electron chi connectivity index (χ1n) is 4.87. The Morgan fingerprint density at radius 1 is 1.56 bits per heavy atom. The van der Waals surface area contributed by atoms with E-state index in [0.29, 0.717) is 16.6 Å². The molecule has 0 aromatic heterocycles. The molecule has 0 radical (unpaired) electrons. The number of hydrogen-bond donors (Lipinski definition) is 1. The molecule has 0 heterocycles. The van der Waals surface area contributed by atoms with Crippen molar-refractivity contribution in [3.63, 3.8) is 0 Å². The van der Waals surface area contributed by atoms with Gasteiger partial charge in [-0.25, -0.2) is 4.99 Å². The molecule has 0 aliphatic rings. The topological polar surface area (TPSA) is 47.6 Å². The summed E-state index contributed by atoms with van der Waals surface area (Å²) in [6.45, 7) is 5.65. The first-order chi connectivity index (χ1) is 7.54. The molecule has 1 rings (SSSR count). The molecule has 0 fully saturated rings. The SMILES string of the molecule is C=C(N=C(OC)C(C)N)c1cccc(Cl)c1. The Kier molecular flexibility index (Phi) is 4.52. The van der Waals surface area contributed by atoms with Crippen LogP contribution in [0.3, 0.4) is 0 Å². The molecule has 16 heavy (non-hydrogen) atoms. The van der Waals surface area contributed by atoms with Crippen LogP contribution in [0.4, 0.5) is 0 Å². The van der Waals surface area contributed by atoms with Crippen LogP contribution in [0, 0.1) is 0 Å². The van der Waals surface area contributed by atoms with Crippen LogP contribution in [-0.4, -0.2) is 19.0 Å². The summed E-state index contributed by atoms with van der Waals surface area (Å²) in [4.78, 5) is 4.22. The quantitative estimate of drug-likeness (QED) is 0.650. The molecule has 4 heteroatoms. The first kappa shape index (κ1) is 12.7. The van der Waals surface area contributed by atoms with Gasteiger partial charge in [-0.2, -0.15) is 0 Å². The minimum absolute atomic E-state index is 0.263. The highest BCUT2D eigenvalue weighted by molar-refractivity contribution is 6.30. The van der Waals surface area contributed by atoms with E-state index in [1.807, 2.05) is 12.1 Å². The van der Waals surface area contributed by atoms with Crippen LogP contribution in [0.1, 0.15) is 12.5 Å². The van der Waals surface area contributed by atoms with Gasteiger partial charge in [0.15, 0.2) is 0 Å². The zero-order valence-electron chi connectivity index (χ0n) is 9.40. The van der Waals surface area contributed by atoms with E-state index in [4.69, 9.17) is 22.1 Å². The Morgan fingerprint density at radius 2 is 2.25 bits per heavy atom. The van der Waals surface area contributed by atoms with Gasteiger partial charge in [0.1, 0.15) is 0 Å². The second kappa shape index (κ2) is 5.68. The number of methoxy groups -OCH3 is 1. The van der Waals surface area contributed by atoms with Crippen molar-refractivity contribution in [2.24, 2.45) is 10.7 Å². The number of benzene rings is 1. The number of hydrogen-bond acceptors (Lipinski definition) is 3. The number of nitrogens with zero attached hydrogens (tertiary/aromatic N) is 1. The molecule has 2 N–H and O–H groups in total. The third-order valence-corrected chi connectivity index (χ3v) is 2.24. The van der Waals surface area contributed by atoms with Gasteiger partial charge in [0.05, 0.1) is 18.8 Å². The lowest BCUT2D eigenvalue weighted by atomic mass is 10.2. The average Bonchev–Trinajstić information content (AvgIpc) is 2.25. The fourth-order valence-electron chi connectivity index (χ4n) is 1.20. The fourth-order valence-corrected chi connectivity index (χ4v) is 1.39. The third-order valence-electron chi connectivity index (χ3n) is 2.00. The summed E-state index contributed by atoms with van der Waals surface area (Å²) in [6, 6.07) is 7.05. The first-order valence-corrected chi connectivity index (χ1v) is 5.25. The van der Waals surface area contributed by atoms with Crippen molar-refractivity contribution >= 4 is 23.2 Å². The van der Waals surface area contributed by atoms with Crippen molar-refractivity contribution in [2.45, 2.75) is 13.0 Å². The van der Waals surface area contributed by atoms with E-state index in [1.54, 1.807) is 19.1 Å². The van der Waals surface area contributed by atoms with Gasteiger partial charge in [-0.3, -0.25) is 0 Å². The Balaban J connectivity index is 2.94. The van der Waals surface area contributed by atoms with Crippen molar-refractivity contribution in [1.29, 1.82) is 0 Å². The molecule has 0 saturated heterocycles. The number of nitrogens with two attached hydrogens (primary N) is 1. The minimum atomic E-state index is -0.263. The van der Waals surface area contributed by atoms with E-state index in [2.05, 4.69) is 11.6 Å². The summed E-state index contributed by atoms with van der Waals surface area (Å²) in [5, 5.41) is 0.647. The summed E-state index contributed by atoms with van der Waals surface area (Å²) in [5.74, 6) is 0.449. The molecule has 1 aromatic rings. The van der Waals surface area contributed by atoms with Crippen LogP contribution in [0.25, 0.3) is 5.70 Å². The monoisotopic (exact) mass is 238 g/mol. The van der Waals surface area contributed by atoms with Crippen LogP contribution in [0.15, 0.2) is 35.8 Å². The molecular formula is C12H15ClN2O. The van der Waals surface area contributed by atoms with Gasteiger partial charge in [0.25, 0.3) is 0 Å². The summed E-state index contributed by atoms with van der Waals surface area (Å²) >= 11 is 5.88. The van der Waals surface area contributed by atoms with Crippen molar-refractivity contribution < 1.29 is 4.74 Å². The average molecular weight is 239 g/mol. The Morgan fingerprint density at radius 3 is 2.75 bits per heavy atom. The maximum atomic E-state index is 5.88. The van der Waals surface area contributed by atoms with E-state index >= 15 is 0 Å². The Bertz CT molecular complexity index is 413. The smallest absolute Gasteiger partial charge is 0.205 e. The number of aliphatic imine (C=N–C) groups is 1. The van der Waals surface area contributed by atoms with Gasteiger partial charge in [-0.15, -0.1) is 0 Å². The lowest BCUT2D eigenvalue weighted by Gasteiger charge is -2.09. The van der Waals surface area contributed by atoms with Crippen LogP contribution < -0.4 is 5.73 Å². The molecular weight excluding hydrogens is 224 g/mol. The van der Waals surface area contributed by atoms with E-state index < -0.39 is 0 Å². The van der Waals surface area contributed by atoms with Gasteiger partial charge in [0.2, 0.25) is 5.90 Å². The van der Waals surface area contributed by atoms with Crippen LogP contribution in [0.2, 0.25) is 5.02 Å². The molecule has 1 unspecified atom stereocenters. The molecule has 0 aliphatic heterocycles. The van der Waals surface area contributed by atoms with Gasteiger partial charge in [-0.05, 0) is 19.1 Å². The summed E-state index contributed by atoms with van der Waals surface area (Å²) < 4.78 is 5.07.